The van der Waals surface area contributed by atoms with Gasteiger partial charge >= 0.3 is 0 Å². The lowest BCUT2D eigenvalue weighted by atomic mass is 10.1. The Morgan fingerprint density at radius 1 is 0.917 bits per heavy atom. The number of hydrogen-bond acceptors (Lipinski definition) is 4. The second kappa shape index (κ2) is 6.45. The highest BCUT2D eigenvalue weighted by molar-refractivity contribution is 7.93. The largest absolute Gasteiger partial charge is 0.277 e. The number of benzene rings is 2. The first kappa shape index (κ1) is 18.3. The maximum Gasteiger partial charge on any atom is 0.261 e. The number of aryl methyl sites for hydroxylation is 2. The standard InChI is InChI=1S/C16H20N2O4S2/c1-12-9-10-14(11-13(12)2)24(21,22)17-15-7-5-6-8-16(15)18(3)23(4,19)20/h5-11,17H,1-4H3. The fraction of sp³-hybridized carbons (Fsp3) is 0.250. The van der Waals surface area contributed by atoms with Gasteiger partial charge in [-0.2, -0.15) is 0 Å². The van der Waals surface area contributed by atoms with Gasteiger partial charge in [-0.25, -0.2) is 16.8 Å². The van der Waals surface area contributed by atoms with Gasteiger partial charge in [0.2, 0.25) is 10.0 Å². The molecule has 2 aromatic carbocycles. The Bertz CT molecular complexity index is 967. The maximum atomic E-state index is 12.6. The van der Waals surface area contributed by atoms with Crippen LogP contribution in [0.15, 0.2) is 47.4 Å². The van der Waals surface area contributed by atoms with Crippen LogP contribution < -0.4 is 9.03 Å². The zero-order valence-corrected chi connectivity index (χ0v) is 15.6. The highest BCUT2D eigenvalue weighted by atomic mass is 32.2. The van der Waals surface area contributed by atoms with Gasteiger partial charge in [0.25, 0.3) is 10.0 Å². The van der Waals surface area contributed by atoms with Gasteiger partial charge in [0.1, 0.15) is 0 Å². The summed E-state index contributed by atoms with van der Waals surface area (Å²) in [6.07, 6.45) is 1.06. The van der Waals surface area contributed by atoms with Crippen molar-refractivity contribution in [1.29, 1.82) is 0 Å². The summed E-state index contributed by atoms with van der Waals surface area (Å²) in [6.45, 7) is 3.73. The van der Waals surface area contributed by atoms with Crippen LogP contribution in [0.1, 0.15) is 11.1 Å². The van der Waals surface area contributed by atoms with Crippen molar-refractivity contribution in [3.8, 4) is 0 Å². The molecule has 1 N–H and O–H groups in total. The monoisotopic (exact) mass is 368 g/mol. The van der Waals surface area contributed by atoms with Gasteiger partial charge in [0.05, 0.1) is 22.5 Å². The molecular weight excluding hydrogens is 348 g/mol. The highest BCUT2D eigenvalue weighted by Crippen LogP contribution is 2.28. The molecule has 0 heterocycles. The molecule has 0 atom stereocenters. The predicted molar refractivity (Wildman–Crippen MR) is 96.4 cm³/mol. The van der Waals surface area contributed by atoms with E-state index in [4.69, 9.17) is 0 Å². The Labute approximate surface area is 143 Å². The zero-order valence-electron chi connectivity index (χ0n) is 13.9. The summed E-state index contributed by atoms with van der Waals surface area (Å²) >= 11 is 0. The number of nitrogens with one attached hydrogen (secondary N) is 1. The lowest BCUT2D eigenvalue weighted by Crippen LogP contribution is -2.26. The van der Waals surface area contributed by atoms with Crippen molar-refractivity contribution in [3.63, 3.8) is 0 Å². The van der Waals surface area contributed by atoms with Crippen molar-refractivity contribution in [3.05, 3.63) is 53.6 Å². The van der Waals surface area contributed by atoms with E-state index in [-0.39, 0.29) is 16.3 Å². The number of hydrogen-bond donors (Lipinski definition) is 1. The molecule has 130 valence electrons. The topological polar surface area (TPSA) is 83.6 Å². The summed E-state index contributed by atoms with van der Waals surface area (Å²) in [5.41, 5.74) is 2.31. The van der Waals surface area contributed by atoms with E-state index in [0.29, 0.717) is 0 Å². The molecule has 2 aromatic rings. The zero-order chi connectivity index (χ0) is 18.1. The van der Waals surface area contributed by atoms with Crippen molar-refractivity contribution < 1.29 is 16.8 Å². The SMILES string of the molecule is Cc1ccc(S(=O)(=O)Nc2ccccc2N(C)S(C)(=O)=O)cc1C. The molecular formula is C16H20N2O4S2. The number of anilines is 2. The van der Waals surface area contributed by atoms with Gasteiger partial charge in [0, 0.05) is 7.05 Å². The molecule has 2 rings (SSSR count). The van der Waals surface area contributed by atoms with Gasteiger partial charge in [0.15, 0.2) is 0 Å². The Kier molecular flexibility index (Phi) is 4.91. The van der Waals surface area contributed by atoms with Crippen LogP contribution in [0.25, 0.3) is 0 Å². The summed E-state index contributed by atoms with van der Waals surface area (Å²) in [5, 5.41) is 0. The third-order valence-electron chi connectivity index (χ3n) is 3.77. The summed E-state index contributed by atoms with van der Waals surface area (Å²) in [6, 6.07) is 11.2. The van der Waals surface area contributed by atoms with Crippen molar-refractivity contribution in [1.82, 2.24) is 0 Å². The molecule has 24 heavy (non-hydrogen) atoms. The van der Waals surface area contributed by atoms with Crippen LogP contribution in [0, 0.1) is 13.8 Å². The fourth-order valence-electron chi connectivity index (χ4n) is 2.10. The summed E-state index contributed by atoms with van der Waals surface area (Å²) in [7, 11) is -5.96. The third-order valence-corrected chi connectivity index (χ3v) is 6.33. The first-order chi connectivity index (χ1) is 11.0. The molecule has 0 fully saturated rings. The number of para-hydroxylation sites is 2. The van der Waals surface area contributed by atoms with Gasteiger partial charge in [-0.3, -0.25) is 9.03 Å². The Morgan fingerprint density at radius 3 is 2.12 bits per heavy atom. The van der Waals surface area contributed by atoms with Crippen LogP contribution in [0.5, 0.6) is 0 Å². The Hall–Kier alpha value is -2.06. The summed E-state index contributed by atoms with van der Waals surface area (Å²) in [5.74, 6) is 0. The van der Waals surface area contributed by atoms with E-state index in [1.807, 2.05) is 13.8 Å². The Balaban J connectivity index is 2.46. The second-order valence-corrected chi connectivity index (χ2v) is 9.30. The molecule has 0 aliphatic heterocycles. The van der Waals surface area contributed by atoms with Gasteiger partial charge in [-0.05, 0) is 49.2 Å². The van der Waals surface area contributed by atoms with Crippen LogP contribution >= 0.6 is 0 Å². The second-order valence-electron chi connectivity index (χ2n) is 5.60. The first-order valence-corrected chi connectivity index (χ1v) is 10.5. The average Bonchev–Trinajstić information content (AvgIpc) is 2.48. The molecule has 0 saturated heterocycles. The van der Waals surface area contributed by atoms with Gasteiger partial charge < -0.3 is 0 Å². The maximum absolute atomic E-state index is 12.6. The van der Waals surface area contributed by atoms with Crippen LogP contribution in [-0.2, 0) is 20.0 Å². The smallest absolute Gasteiger partial charge is 0.261 e. The van der Waals surface area contributed by atoms with E-state index in [0.717, 1.165) is 21.7 Å². The quantitative estimate of drug-likeness (QED) is 0.879. The van der Waals surface area contributed by atoms with E-state index < -0.39 is 20.0 Å². The highest BCUT2D eigenvalue weighted by Gasteiger charge is 2.20. The molecule has 6 nitrogen and oxygen atoms in total. The van der Waals surface area contributed by atoms with Crippen LogP contribution in [-0.4, -0.2) is 30.1 Å². The minimum atomic E-state index is -3.83. The predicted octanol–water partition coefficient (Wildman–Crippen LogP) is 2.50. The van der Waals surface area contributed by atoms with Crippen molar-refractivity contribution in [2.24, 2.45) is 0 Å². The third kappa shape index (κ3) is 3.88. The molecule has 0 aliphatic rings. The molecule has 0 radical (unpaired) electrons. The molecule has 8 heteroatoms. The van der Waals surface area contributed by atoms with E-state index in [1.54, 1.807) is 30.3 Å². The molecule has 0 spiro atoms. The molecule has 0 bridgehead atoms. The van der Waals surface area contributed by atoms with Crippen molar-refractivity contribution in [2.75, 3.05) is 22.3 Å². The molecule has 0 saturated carbocycles. The van der Waals surface area contributed by atoms with Gasteiger partial charge in [-0.1, -0.05) is 18.2 Å². The van der Waals surface area contributed by atoms with Crippen LogP contribution in [0.2, 0.25) is 0 Å². The summed E-state index contributed by atoms with van der Waals surface area (Å²) in [4.78, 5) is 0.127. The van der Waals surface area contributed by atoms with Gasteiger partial charge in [-0.15, -0.1) is 0 Å². The average molecular weight is 368 g/mol. The summed E-state index contributed by atoms with van der Waals surface area (Å²) < 4.78 is 52.2. The minimum Gasteiger partial charge on any atom is -0.277 e. The van der Waals surface area contributed by atoms with E-state index >= 15 is 0 Å². The molecule has 0 aliphatic carbocycles. The van der Waals surface area contributed by atoms with Crippen molar-refractivity contribution in [2.45, 2.75) is 18.7 Å². The lowest BCUT2D eigenvalue weighted by Gasteiger charge is -2.21. The first-order valence-electron chi connectivity index (χ1n) is 7.15. The van der Waals surface area contributed by atoms with Crippen LogP contribution in [0.3, 0.4) is 0 Å². The normalized spacial score (nSPS) is 12.0. The van der Waals surface area contributed by atoms with Crippen molar-refractivity contribution >= 4 is 31.4 Å². The number of nitrogens with zero attached hydrogens (tertiary/aromatic N) is 1. The van der Waals surface area contributed by atoms with E-state index in [9.17, 15) is 16.8 Å². The van der Waals surface area contributed by atoms with E-state index in [1.165, 1.54) is 19.2 Å². The van der Waals surface area contributed by atoms with Crippen LogP contribution in [0.4, 0.5) is 11.4 Å². The minimum absolute atomic E-state index is 0.127. The molecule has 0 aromatic heterocycles. The van der Waals surface area contributed by atoms with E-state index in [2.05, 4.69) is 4.72 Å². The Morgan fingerprint density at radius 2 is 1.54 bits per heavy atom. The molecule has 0 amide bonds. The number of rotatable bonds is 5. The lowest BCUT2D eigenvalue weighted by molar-refractivity contribution is 0.598. The number of sulfonamides is 2. The molecule has 0 unspecified atom stereocenters. The fourth-order valence-corrected chi connectivity index (χ4v) is 3.77.